The van der Waals surface area contributed by atoms with Crippen LogP contribution in [0.15, 0.2) is 24.3 Å². The van der Waals surface area contributed by atoms with Gasteiger partial charge in [-0.25, -0.2) is 4.79 Å². The van der Waals surface area contributed by atoms with Crippen LogP contribution in [0.3, 0.4) is 0 Å². The van der Waals surface area contributed by atoms with Crippen molar-refractivity contribution in [2.75, 3.05) is 0 Å². The maximum absolute atomic E-state index is 10.7. The number of ether oxygens (including phenoxy) is 1. The SMILES string of the molecule is CC[C@H](Oc1ccc(C#N)cc1)C(=O)O. The third-order valence-corrected chi connectivity index (χ3v) is 1.91. The molecule has 1 aromatic rings. The fraction of sp³-hybridized carbons (Fsp3) is 0.273. The molecule has 0 aliphatic heterocycles. The van der Waals surface area contributed by atoms with Crippen molar-refractivity contribution in [1.29, 1.82) is 5.26 Å². The number of aliphatic carboxylic acids is 1. The second kappa shape index (κ2) is 5.01. The largest absolute Gasteiger partial charge is 0.479 e. The van der Waals surface area contributed by atoms with Gasteiger partial charge in [-0.05, 0) is 30.7 Å². The van der Waals surface area contributed by atoms with Crippen LogP contribution in [0.25, 0.3) is 0 Å². The molecule has 0 fully saturated rings. The molecule has 4 heteroatoms. The van der Waals surface area contributed by atoms with Gasteiger partial charge in [0.1, 0.15) is 5.75 Å². The van der Waals surface area contributed by atoms with Crippen molar-refractivity contribution in [3.63, 3.8) is 0 Å². The molecule has 0 aliphatic rings. The van der Waals surface area contributed by atoms with Crippen LogP contribution < -0.4 is 4.74 Å². The molecule has 0 saturated heterocycles. The summed E-state index contributed by atoms with van der Waals surface area (Å²) >= 11 is 0. The van der Waals surface area contributed by atoms with E-state index in [1.807, 2.05) is 6.07 Å². The highest BCUT2D eigenvalue weighted by molar-refractivity contribution is 5.72. The van der Waals surface area contributed by atoms with Gasteiger partial charge >= 0.3 is 5.97 Å². The van der Waals surface area contributed by atoms with Crippen LogP contribution in [-0.4, -0.2) is 17.2 Å². The normalized spacial score (nSPS) is 11.5. The van der Waals surface area contributed by atoms with Gasteiger partial charge in [0.2, 0.25) is 0 Å². The molecule has 0 bridgehead atoms. The molecule has 0 aliphatic carbocycles. The van der Waals surface area contributed by atoms with E-state index in [1.165, 1.54) is 0 Å². The molecule has 0 amide bonds. The zero-order valence-electron chi connectivity index (χ0n) is 8.30. The highest BCUT2D eigenvalue weighted by atomic mass is 16.5. The van der Waals surface area contributed by atoms with Gasteiger partial charge < -0.3 is 9.84 Å². The Hall–Kier alpha value is -2.02. The minimum Gasteiger partial charge on any atom is -0.479 e. The summed E-state index contributed by atoms with van der Waals surface area (Å²) in [4.78, 5) is 10.7. The van der Waals surface area contributed by atoms with Crippen molar-refractivity contribution in [3.8, 4) is 11.8 Å². The number of rotatable bonds is 4. The van der Waals surface area contributed by atoms with E-state index in [0.717, 1.165) is 0 Å². The third-order valence-electron chi connectivity index (χ3n) is 1.91. The number of carboxylic acid groups (broad SMARTS) is 1. The minimum atomic E-state index is -0.984. The molecule has 0 aromatic heterocycles. The summed E-state index contributed by atoms with van der Waals surface area (Å²) in [6, 6.07) is 8.32. The number of nitriles is 1. The van der Waals surface area contributed by atoms with Gasteiger partial charge in [0.15, 0.2) is 6.10 Å². The zero-order chi connectivity index (χ0) is 11.3. The summed E-state index contributed by atoms with van der Waals surface area (Å²) in [6.45, 7) is 1.74. The first kappa shape index (κ1) is 11.1. The number of nitrogens with zero attached hydrogens (tertiary/aromatic N) is 1. The first-order chi connectivity index (χ1) is 7.17. The molecule has 1 rings (SSSR count). The molecular weight excluding hydrogens is 194 g/mol. The maximum Gasteiger partial charge on any atom is 0.344 e. The number of benzene rings is 1. The predicted molar refractivity (Wildman–Crippen MR) is 53.5 cm³/mol. The summed E-state index contributed by atoms with van der Waals surface area (Å²) in [5.74, 6) is -0.523. The number of hydrogen-bond acceptors (Lipinski definition) is 3. The van der Waals surface area contributed by atoms with Gasteiger partial charge in [0.05, 0.1) is 11.6 Å². The molecular formula is C11H11NO3. The van der Waals surface area contributed by atoms with E-state index in [2.05, 4.69) is 0 Å². The molecule has 0 saturated carbocycles. The fourth-order valence-electron chi connectivity index (χ4n) is 1.08. The lowest BCUT2D eigenvalue weighted by molar-refractivity contribution is -0.145. The van der Waals surface area contributed by atoms with Gasteiger partial charge in [0, 0.05) is 0 Å². The van der Waals surface area contributed by atoms with E-state index in [4.69, 9.17) is 15.1 Å². The van der Waals surface area contributed by atoms with E-state index in [1.54, 1.807) is 31.2 Å². The molecule has 0 heterocycles. The number of carbonyl (C=O) groups is 1. The molecule has 78 valence electrons. The molecule has 15 heavy (non-hydrogen) atoms. The monoisotopic (exact) mass is 205 g/mol. The molecule has 1 aromatic carbocycles. The Labute approximate surface area is 87.7 Å². The van der Waals surface area contributed by atoms with Crippen molar-refractivity contribution >= 4 is 5.97 Å². The van der Waals surface area contributed by atoms with Crippen LogP contribution in [0.1, 0.15) is 18.9 Å². The summed E-state index contributed by atoms with van der Waals surface area (Å²) in [5, 5.41) is 17.3. The van der Waals surface area contributed by atoms with Gasteiger partial charge in [-0.1, -0.05) is 6.92 Å². The fourth-order valence-corrected chi connectivity index (χ4v) is 1.08. The molecule has 1 atom stereocenters. The Morgan fingerprint density at radius 3 is 2.53 bits per heavy atom. The average Bonchev–Trinajstić information content (AvgIpc) is 2.26. The lowest BCUT2D eigenvalue weighted by Crippen LogP contribution is -2.25. The van der Waals surface area contributed by atoms with Crippen LogP contribution in [0.2, 0.25) is 0 Å². The average molecular weight is 205 g/mol. The van der Waals surface area contributed by atoms with E-state index in [0.29, 0.717) is 17.7 Å². The van der Waals surface area contributed by atoms with Crippen molar-refractivity contribution in [3.05, 3.63) is 29.8 Å². The van der Waals surface area contributed by atoms with E-state index >= 15 is 0 Å². The Balaban J connectivity index is 2.72. The van der Waals surface area contributed by atoms with Gasteiger partial charge in [-0.2, -0.15) is 5.26 Å². The van der Waals surface area contributed by atoms with Crippen molar-refractivity contribution in [2.24, 2.45) is 0 Å². The lowest BCUT2D eigenvalue weighted by atomic mass is 10.2. The predicted octanol–water partition coefficient (Wildman–Crippen LogP) is 1.80. The van der Waals surface area contributed by atoms with Gasteiger partial charge in [-0.15, -0.1) is 0 Å². The van der Waals surface area contributed by atoms with Crippen LogP contribution in [-0.2, 0) is 4.79 Å². The Kier molecular flexibility index (Phi) is 3.69. The van der Waals surface area contributed by atoms with E-state index < -0.39 is 12.1 Å². The molecule has 1 N–H and O–H groups in total. The molecule has 4 nitrogen and oxygen atoms in total. The van der Waals surface area contributed by atoms with Gasteiger partial charge in [0.25, 0.3) is 0 Å². The summed E-state index contributed by atoms with van der Waals surface area (Å²) in [6.07, 6.45) is -0.437. The Morgan fingerprint density at radius 1 is 1.53 bits per heavy atom. The topological polar surface area (TPSA) is 70.3 Å². The van der Waals surface area contributed by atoms with Gasteiger partial charge in [-0.3, -0.25) is 0 Å². The maximum atomic E-state index is 10.7. The highest BCUT2D eigenvalue weighted by Crippen LogP contribution is 2.14. The molecule has 0 unspecified atom stereocenters. The summed E-state index contributed by atoms with van der Waals surface area (Å²) in [7, 11) is 0. The van der Waals surface area contributed by atoms with E-state index in [-0.39, 0.29) is 0 Å². The second-order valence-electron chi connectivity index (χ2n) is 2.99. The highest BCUT2D eigenvalue weighted by Gasteiger charge is 2.16. The number of hydrogen-bond donors (Lipinski definition) is 1. The van der Waals surface area contributed by atoms with Crippen molar-refractivity contribution in [1.82, 2.24) is 0 Å². The van der Waals surface area contributed by atoms with Crippen LogP contribution in [0.5, 0.6) is 5.75 Å². The first-order valence-electron chi connectivity index (χ1n) is 4.57. The van der Waals surface area contributed by atoms with Crippen LogP contribution >= 0.6 is 0 Å². The van der Waals surface area contributed by atoms with Crippen LogP contribution in [0, 0.1) is 11.3 Å². The van der Waals surface area contributed by atoms with Crippen molar-refractivity contribution < 1.29 is 14.6 Å². The standard InChI is InChI=1S/C11H11NO3/c1-2-10(11(13)14)15-9-5-3-8(7-12)4-6-9/h3-6,10H,2H2,1H3,(H,13,14)/t10-/m0/s1. The third kappa shape index (κ3) is 2.99. The first-order valence-corrected chi connectivity index (χ1v) is 4.57. The van der Waals surface area contributed by atoms with E-state index in [9.17, 15) is 4.79 Å². The Morgan fingerprint density at radius 2 is 2.13 bits per heavy atom. The molecule has 0 radical (unpaired) electrons. The summed E-state index contributed by atoms with van der Waals surface area (Å²) in [5.41, 5.74) is 0.519. The zero-order valence-corrected chi connectivity index (χ0v) is 8.30. The van der Waals surface area contributed by atoms with Crippen molar-refractivity contribution in [2.45, 2.75) is 19.4 Å². The second-order valence-corrected chi connectivity index (χ2v) is 2.99. The molecule has 0 spiro atoms. The Bertz CT molecular complexity index is 378. The smallest absolute Gasteiger partial charge is 0.344 e. The summed E-state index contributed by atoms with van der Waals surface area (Å²) < 4.78 is 5.22. The lowest BCUT2D eigenvalue weighted by Gasteiger charge is -2.12. The minimum absolute atomic E-state index is 0.398. The van der Waals surface area contributed by atoms with Crippen LogP contribution in [0.4, 0.5) is 0 Å². The number of carboxylic acids is 1. The quantitative estimate of drug-likeness (QED) is 0.813.